The van der Waals surface area contributed by atoms with Gasteiger partial charge >= 0.3 is 10.1 Å². The zero-order valence-corrected chi connectivity index (χ0v) is 18.5. The highest BCUT2D eigenvalue weighted by Crippen LogP contribution is 2.54. The van der Waals surface area contributed by atoms with E-state index in [1.165, 1.54) is 0 Å². The van der Waals surface area contributed by atoms with Crippen LogP contribution in [0.1, 0.15) is 40.5 Å². The fourth-order valence-electron chi connectivity index (χ4n) is 4.93. The topological polar surface area (TPSA) is 101 Å². The van der Waals surface area contributed by atoms with Gasteiger partial charge in [-0.25, -0.2) is 17.2 Å². The SMILES string of the molecule is O=S(=O)([O-])c1c(F)c(F)c(OS(=O)(=O)C2CC3c4ccccc4C2c2ccccc23)c(F)c1F. The van der Waals surface area contributed by atoms with Gasteiger partial charge in [-0.1, -0.05) is 48.5 Å². The summed E-state index contributed by atoms with van der Waals surface area (Å²) in [7, 11) is -10.9. The second kappa shape index (κ2) is 7.52. The third-order valence-corrected chi connectivity index (χ3v) is 8.72. The molecule has 0 saturated heterocycles. The second-order valence-electron chi connectivity index (χ2n) is 8.01. The van der Waals surface area contributed by atoms with Gasteiger partial charge in [0.05, 0.1) is 0 Å². The Bertz CT molecular complexity index is 1490. The molecule has 1 atom stereocenters. The lowest BCUT2D eigenvalue weighted by Crippen LogP contribution is -2.42. The van der Waals surface area contributed by atoms with Crippen LogP contribution in [0.4, 0.5) is 17.6 Å². The van der Waals surface area contributed by atoms with Crippen molar-refractivity contribution in [3.8, 4) is 5.75 Å². The number of benzene rings is 3. The summed E-state index contributed by atoms with van der Waals surface area (Å²) in [6.07, 6.45) is -0.0255. The highest BCUT2D eigenvalue weighted by atomic mass is 32.2. The molecule has 178 valence electrons. The molecule has 0 heterocycles. The standard InChI is InChI=1S/C22H14F4O6S2/c23-17-19(25)22(33(27,28)29)20(26)18(24)21(17)32-34(30,31)15-9-14-10-5-1-3-7-12(10)16(15)13-8-4-2-6-11(13)14/h1-8,14-16H,9H2,(H,27,28,29)/p-1. The maximum absolute atomic E-state index is 14.4. The Hall–Kier alpha value is -2.96. The quantitative estimate of drug-likeness (QED) is 0.227. The summed E-state index contributed by atoms with van der Waals surface area (Å²) in [4.78, 5) is -2.40. The third-order valence-electron chi connectivity index (χ3n) is 6.26. The van der Waals surface area contributed by atoms with Gasteiger partial charge < -0.3 is 8.74 Å². The minimum atomic E-state index is -5.95. The first-order valence-electron chi connectivity index (χ1n) is 9.86. The van der Waals surface area contributed by atoms with Crippen molar-refractivity contribution in [2.75, 3.05) is 0 Å². The Morgan fingerprint density at radius 2 is 1.18 bits per heavy atom. The molecule has 12 heteroatoms. The molecule has 3 aliphatic rings. The zero-order chi connectivity index (χ0) is 24.6. The van der Waals surface area contributed by atoms with E-state index in [9.17, 15) is 39.0 Å². The average molecular weight is 513 g/mol. The van der Waals surface area contributed by atoms with E-state index in [1.54, 1.807) is 36.4 Å². The zero-order valence-electron chi connectivity index (χ0n) is 16.8. The minimum absolute atomic E-state index is 0.0255. The summed E-state index contributed by atoms with van der Waals surface area (Å²) in [6, 6.07) is 14.1. The van der Waals surface area contributed by atoms with Gasteiger partial charge in [0.1, 0.15) is 20.3 Å². The maximum atomic E-state index is 14.4. The monoisotopic (exact) mass is 513 g/mol. The second-order valence-corrected chi connectivity index (χ2v) is 11.1. The fourth-order valence-corrected chi connectivity index (χ4v) is 7.10. The van der Waals surface area contributed by atoms with E-state index in [0.717, 1.165) is 11.1 Å². The first-order valence-corrected chi connectivity index (χ1v) is 12.7. The predicted molar refractivity (Wildman–Crippen MR) is 109 cm³/mol. The molecule has 0 radical (unpaired) electrons. The molecule has 0 N–H and O–H groups in total. The molecule has 3 aromatic carbocycles. The number of hydrogen-bond acceptors (Lipinski definition) is 6. The van der Waals surface area contributed by atoms with E-state index < -0.39 is 65.3 Å². The molecule has 0 spiro atoms. The summed E-state index contributed by atoms with van der Waals surface area (Å²) in [5.74, 6) is -13.2. The number of rotatable bonds is 4. The van der Waals surface area contributed by atoms with E-state index in [2.05, 4.69) is 4.18 Å². The van der Waals surface area contributed by atoms with Crippen LogP contribution < -0.4 is 4.18 Å². The summed E-state index contributed by atoms with van der Waals surface area (Å²) >= 11 is 0. The Morgan fingerprint density at radius 3 is 1.62 bits per heavy atom. The Labute approximate surface area is 191 Å². The van der Waals surface area contributed by atoms with Gasteiger partial charge in [0, 0.05) is 11.8 Å². The lowest BCUT2D eigenvalue weighted by Gasteiger charge is -2.44. The van der Waals surface area contributed by atoms with Gasteiger partial charge in [-0.15, -0.1) is 0 Å². The fraction of sp³-hybridized carbons (Fsp3) is 0.182. The normalized spacial score (nSPS) is 21.1. The Kier molecular flexibility index (Phi) is 5.05. The highest BCUT2D eigenvalue weighted by Gasteiger charge is 2.50. The largest absolute Gasteiger partial charge is 0.744 e. The van der Waals surface area contributed by atoms with Crippen LogP contribution in [0.25, 0.3) is 0 Å². The molecular formula is C22H13F4O6S2-. The van der Waals surface area contributed by atoms with Crippen molar-refractivity contribution in [2.24, 2.45) is 0 Å². The van der Waals surface area contributed by atoms with Crippen molar-refractivity contribution >= 4 is 20.2 Å². The average Bonchev–Trinajstić information content (AvgIpc) is 2.80. The first kappa shape index (κ1) is 22.8. The van der Waals surface area contributed by atoms with Crippen LogP contribution in [0, 0.1) is 23.3 Å². The van der Waals surface area contributed by atoms with Crippen LogP contribution in [0.15, 0.2) is 53.4 Å². The van der Waals surface area contributed by atoms with Crippen LogP contribution in [-0.2, 0) is 20.2 Å². The minimum Gasteiger partial charge on any atom is -0.744 e. The summed E-state index contributed by atoms with van der Waals surface area (Å²) in [5, 5.41) is -1.37. The summed E-state index contributed by atoms with van der Waals surface area (Å²) < 4.78 is 121. The first-order chi connectivity index (χ1) is 15.9. The lowest BCUT2D eigenvalue weighted by molar-refractivity contribution is 0.356. The molecule has 0 fully saturated rings. The molecule has 6 nitrogen and oxygen atoms in total. The Balaban J connectivity index is 1.62. The van der Waals surface area contributed by atoms with E-state index >= 15 is 0 Å². The third kappa shape index (κ3) is 3.23. The molecule has 0 amide bonds. The smallest absolute Gasteiger partial charge is 0.313 e. The van der Waals surface area contributed by atoms with Crippen LogP contribution in [-0.4, -0.2) is 26.6 Å². The van der Waals surface area contributed by atoms with Crippen molar-refractivity contribution in [3.05, 3.63) is 94.1 Å². The van der Waals surface area contributed by atoms with Gasteiger partial charge in [-0.2, -0.15) is 17.2 Å². The Morgan fingerprint density at radius 1 is 0.735 bits per heavy atom. The van der Waals surface area contributed by atoms with Crippen molar-refractivity contribution in [2.45, 2.75) is 28.4 Å². The molecule has 0 saturated carbocycles. The van der Waals surface area contributed by atoms with Gasteiger partial charge in [-0.3, -0.25) is 0 Å². The van der Waals surface area contributed by atoms with Gasteiger partial charge in [0.2, 0.25) is 17.4 Å². The van der Waals surface area contributed by atoms with Gasteiger partial charge in [0.15, 0.2) is 11.6 Å². The van der Waals surface area contributed by atoms with Gasteiger partial charge in [0.25, 0.3) is 0 Å². The number of fused-ring (bicyclic) bond motifs is 1. The molecule has 1 unspecified atom stereocenters. The predicted octanol–water partition coefficient (Wildman–Crippen LogP) is 3.91. The van der Waals surface area contributed by atoms with E-state index in [4.69, 9.17) is 0 Å². The number of halogens is 4. The van der Waals surface area contributed by atoms with Crippen LogP contribution in [0.5, 0.6) is 5.75 Å². The van der Waals surface area contributed by atoms with Crippen molar-refractivity contribution in [1.82, 2.24) is 0 Å². The lowest BCUT2D eigenvalue weighted by atomic mass is 9.63. The van der Waals surface area contributed by atoms with Crippen molar-refractivity contribution in [3.63, 3.8) is 0 Å². The van der Waals surface area contributed by atoms with Crippen LogP contribution in [0.3, 0.4) is 0 Å². The van der Waals surface area contributed by atoms with E-state index in [1.807, 2.05) is 12.1 Å². The maximum Gasteiger partial charge on any atom is 0.313 e. The summed E-state index contributed by atoms with van der Waals surface area (Å²) in [5.41, 5.74) is 3.11. The van der Waals surface area contributed by atoms with E-state index in [-0.39, 0.29) is 12.3 Å². The van der Waals surface area contributed by atoms with Crippen molar-refractivity contribution < 1.29 is 43.1 Å². The molecule has 3 aliphatic carbocycles. The molecule has 0 aromatic heterocycles. The molecule has 34 heavy (non-hydrogen) atoms. The van der Waals surface area contributed by atoms with Crippen LogP contribution in [0.2, 0.25) is 0 Å². The molecule has 2 bridgehead atoms. The molecular weight excluding hydrogens is 500 g/mol. The van der Waals surface area contributed by atoms with Gasteiger partial charge in [-0.05, 0) is 28.7 Å². The van der Waals surface area contributed by atoms with Crippen LogP contribution >= 0.6 is 0 Å². The number of hydrogen-bond donors (Lipinski definition) is 0. The molecule has 6 rings (SSSR count). The summed E-state index contributed by atoms with van der Waals surface area (Å²) in [6.45, 7) is 0. The van der Waals surface area contributed by atoms with Crippen molar-refractivity contribution in [1.29, 1.82) is 0 Å². The molecule has 3 aromatic rings. The van der Waals surface area contributed by atoms with E-state index in [0.29, 0.717) is 11.1 Å². The molecule has 0 aliphatic heterocycles. The highest BCUT2D eigenvalue weighted by molar-refractivity contribution is 7.87.